The highest BCUT2D eigenvalue weighted by Crippen LogP contribution is 2.30. The molecule has 0 saturated heterocycles. The average Bonchev–Trinajstić information content (AvgIpc) is 2.76. The van der Waals surface area contributed by atoms with Crippen molar-refractivity contribution in [2.45, 2.75) is 6.36 Å². The highest BCUT2D eigenvalue weighted by atomic mass is 35.5. The molecule has 2 rings (SSSR count). The Kier molecular flexibility index (Phi) is 3.89. The fourth-order valence-corrected chi connectivity index (χ4v) is 1.63. The van der Waals surface area contributed by atoms with Gasteiger partial charge in [-0.1, -0.05) is 12.1 Å². The first-order chi connectivity index (χ1) is 9.37. The molecule has 1 aromatic carbocycles. The maximum atomic E-state index is 12.2. The number of carbonyl (C=O) groups excluding carboxylic acids is 1. The van der Waals surface area contributed by atoms with Crippen LogP contribution < -0.4 is 10.1 Å². The van der Waals surface area contributed by atoms with Gasteiger partial charge in [0.15, 0.2) is 5.75 Å². The SMILES string of the molecule is O=C(Nc1ccccc1OC(F)(F)F)c1ccoc1Cl. The molecular formula is C12H7ClF3NO3. The van der Waals surface area contributed by atoms with Crippen molar-refractivity contribution in [3.63, 3.8) is 0 Å². The molecule has 106 valence electrons. The first kappa shape index (κ1) is 14.3. The van der Waals surface area contributed by atoms with Crippen LogP contribution in [-0.2, 0) is 0 Å². The van der Waals surface area contributed by atoms with Crippen molar-refractivity contribution in [1.82, 2.24) is 0 Å². The van der Waals surface area contributed by atoms with Crippen LogP contribution in [0.5, 0.6) is 5.75 Å². The van der Waals surface area contributed by atoms with Crippen molar-refractivity contribution < 1.29 is 27.1 Å². The number of furan rings is 1. The Morgan fingerprint density at radius 3 is 2.55 bits per heavy atom. The van der Waals surface area contributed by atoms with Crippen LogP contribution in [0.2, 0.25) is 5.22 Å². The van der Waals surface area contributed by atoms with E-state index in [0.29, 0.717) is 0 Å². The van der Waals surface area contributed by atoms with E-state index < -0.39 is 18.0 Å². The van der Waals surface area contributed by atoms with Gasteiger partial charge in [-0.3, -0.25) is 4.79 Å². The van der Waals surface area contributed by atoms with Gasteiger partial charge in [0.1, 0.15) is 0 Å². The highest BCUT2D eigenvalue weighted by Gasteiger charge is 2.32. The molecule has 0 aliphatic carbocycles. The third kappa shape index (κ3) is 3.45. The van der Waals surface area contributed by atoms with Crippen molar-refractivity contribution in [2.75, 3.05) is 5.32 Å². The van der Waals surface area contributed by atoms with E-state index in [1.54, 1.807) is 0 Å². The molecule has 1 amide bonds. The molecule has 0 saturated carbocycles. The Hall–Kier alpha value is -2.15. The van der Waals surface area contributed by atoms with E-state index in [9.17, 15) is 18.0 Å². The third-order valence-corrected chi connectivity index (χ3v) is 2.52. The fourth-order valence-electron chi connectivity index (χ4n) is 1.43. The summed E-state index contributed by atoms with van der Waals surface area (Å²) in [6.45, 7) is 0. The van der Waals surface area contributed by atoms with Gasteiger partial charge in [0.2, 0.25) is 5.22 Å². The zero-order valence-electron chi connectivity index (χ0n) is 9.70. The topological polar surface area (TPSA) is 51.5 Å². The second kappa shape index (κ2) is 5.46. The van der Waals surface area contributed by atoms with Gasteiger partial charge in [0.25, 0.3) is 5.91 Å². The van der Waals surface area contributed by atoms with E-state index in [1.165, 1.54) is 30.5 Å². The molecule has 1 N–H and O–H groups in total. The first-order valence-corrected chi connectivity index (χ1v) is 5.64. The predicted octanol–water partition coefficient (Wildman–Crippen LogP) is 4.08. The van der Waals surface area contributed by atoms with E-state index in [1.807, 2.05) is 0 Å². The molecule has 20 heavy (non-hydrogen) atoms. The highest BCUT2D eigenvalue weighted by molar-refractivity contribution is 6.32. The molecule has 0 spiro atoms. The van der Waals surface area contributed by atoms with Gasteiger partial charge < -0.3 is 14.5 Å². The molecule has 2 aromatic rings. The molecule has 0 bridgehead atoms. The van der Waals surface area contributed by atoms with Crippen LogP contribution in [0.25, 0.3) is 0 Å². The number of halogens is 4. The summed E-state index contributed by atoms with van der Waals surface area (Å²) in [5, 5.41) is 2.11. The van der Waals surface area contributed by atoms with Gasteiger partial charge in [0, 0.05) is 0 Å². The van der Waals surface area contributed by atoms with Gasteiger partial charge in [0.05, 0.1) is 17.5 Å². The molecule has 0 unspecified atom stereocenters. The van der Waals surface area contributed by atoms with E-state index in [0.717, 1.165) is 6.07 Å². The standard InChI is InChI=1S/C12H7ClF3NO3/c13-10-7(5-6-19-10)11(18)17-8-3-1-2-4-9(8)20-12(14,15)16/h1-6H,(H,17,18). The number of hydrogen-bond donors (Lipinski definition) is 1. The normalized spacial score (nSPS) is 11.2. The summed E-state index contributed by atoms with van der Waals surface area (Å²) in [5.41, 5.74) is -0.124. The van der Waals surface area contributed by atoms with Gasteiger partial charge in [-0.15, -0.1) is 13.2 Å². The second-order valence-electron chi connectivity index (χ2n) is 3.61. The summed E-state index contributed by atoms with van der Waals surface area (Å²) in [5.74, 6) is -1.23. The molecule has 1 aromatic heterocycles. The van der Waals surface area contributed by atoms with Crippen LogP contribution in [0.1, 0.15) is 10.4 Å². The lowest BCUT2D eigenvalue weighted by Crippen LogP contribution is -2.19. The number of carbonyl (C=O) groups is 1. The number of amides is 1. The second-order valence-corrected chi connectivity index (χ2v) is 3.95. The fraction of sp³-hybridized carbons (Fsp3) is 0.0833. The number of nitrogens with one attached hydrogen (secondary N) is 1. The van der Waals surface area contributed by atoms with Crippen LogP contribution in [0.3, 0.4) is 0 Å². The molecule has 0 fully saturated rings. The monoisotopic (exact) mass is 305 g/mol. The summed E-state index contributed by atoms with van der Waals surface area (Å²) in [7, 11) is 0. The van der Waals surface area contributed by atoms with Crippen molar-refractivity contribution in [1.29, 1.82) is 0 Å². The van der Waals surface area contributed by atoms with Gasteiger partial charge >= 0.3 is 6.36 Å². The van der Waals surface area contributed by atoms with Crippen LogP contribution in [-0.4, -0.2) is 12.3 Å². The molecule has 0 atom stereocenters. The maximum Gasteiger partial charge on any atom is 0.573 e. The van der Waals surface area contributed by atoms with Crippen LogP contribution >= 0.6 is 11.6 Å². The van der Waals surface area contributed by atoms with Gasteiger partial charge in [-0.2, -0.15) is 0 Å². The molecule has 8 heteroatoms. The Balaban J connectivity index is 2.22. The first-order valence-electron chi connectivity index (χ1n) is 5.26. The summed E-state index contributed by atoms with van der Waals surface area (Å²) < 4.78 is 45.2. The van der Waals surface area contributed by atoms with E-state index >= 15 is 0 Å². The molecule has 4 nitrogen and oxygen atoms in total. The van der Waals surface area contributed by atoms with Crippen molar-refractivity contribution >= 4 is 23.2 Å². The van der Waals surface area contributed by atoms with Crippen molar-refractivity contribution in [2.24, 2.45) is 0 Å². The Labute approximate surface area is 116 Å². The molecule has 0 aliphatic rings. The lowest BCUT2D eigenvalue weighted by molar-refractivity contribution is -0.274. The predicted molar refractivity (Wildman–Crippen MR) is 64.8 cm³/mol. The number of para-hydroxylation sites is 2. The smallest absolute Gasteiger partial charge is 0.452 e. The number of ether oxygens (including phenoxy) is 1. The minimum Gasteiger partial charge on any atom is -0.452 e. The summed E-state index contributed by atoms with van der Waals surface area (Å²) in [6.07, 6.45) is -3.66. The number of anilines is 1. The lowest BCUT2D eigenvalue weighted by Gasteiger charge is -2.13. The van der Waals surface area contributed by atoms with Crippen LogP contribution in [0.15, 0.2) is 41.0 Å². The summed E-state index contributed by atoms with van der Waals surface area (Å²) in [6, 6.07) is 6.45. The largest absolute Gasteiger partial charge is 0.573 e. The van der Waals surface area contributed by atoms with Crippen LogP contribution in [0, 0.1) is 0 Å². The summed E-state index contributed by atoms with van der Waals surface area (Å²) >= 11 is 5.61. The van der Waals surface area contributed by atoms with Crippen molar-refractivity contribution in [3.8, 4) is 5.75 Å². The third-order valence-electron chi connectivity index (χ3n) is 2.22. The maximum absolute atomic E-state index is 12.2. The van der Waals surface area contributed by atoms with Gasteiger partial charge in [-0.25, -0.2) is 0 Å². The quantitative estimate of drug-likeness (QED) is 0.929. The molecule has 1 heterocycles. The Morgan fingerprint density at radius 1 is 1.25 bits per heavy atom. The molecular weight excluding hydrogens is 299 g/mol. The molecule has 0 radical (unpaired) electrons. The minimum absolute atomic E-state index is 0.00785. The Bertz CT molecular complexity index is 624. The van der Waals surface area contributed by atoms with Crippen molar-refractivity contribution in [3.05, 3.63) is 47.4 Å². The molecule has 0 aliphatic heterocycles. The minimum atomic E-state index is -4.85. The zero-order valence-corrected chi connectivity index (χ0v) is 10.5. The van der Waals surface area contributed by atoms with Gasteiger partial charge in [-0.05, 0) is 29.8 Å². The van der Waals surface area contributed by atoms with Crippen LogP contribution in [0.4, 0.5) is 18.9 Å². The average molecular weight is 306 g/mol. The van der Waals surface area contributed by atoms with E-state index in [-0.39, 0.29) is 16.5 Å². The number of rotatable bonds is 3. The Morgan fingerprint density at radius 2 is 1.95 bits per heavy atom. The van der Waals surface area contributed by atoms with E-state index in [2.05, 4.69) is 10.1 Å². The number of alkyl halides is 3. The van der Waals surface area contributed by atoms with E-state index in [4.69, 9.17) is 16.0 Å². The lowest BCUT2D eigenvalue weighted by atomic mass is 10.2. The number of hydrogen-bond acceptors (Lipinski definition) is 3. The zero-order chi connectivity index (χ0) is 14.8. The number of benzene rings is 1. The summed E-state index contributed by atoms with van der Waals surface area (Å²) in [4.78, 5) is 11.8.